The fourth-order valence-corrected chi connectivity index (χ4v) is 2.08. The van der Waals surface area contributed by atoms with Crippen LogP contribution in [0.4, 0.5) is 5.69 Å². The van der Waals surface area contributed by atoms with E-state index in [-0.39, 0.29) is 5.91 Å². The molecule has 2 aromatic rings. The average Bonchev–Trinajstić information content (AvgIpc) is 2.41. The number of carbonyl (C=O) groups excluding carboxylic acids is 1. The summed E-state index contributed by atoms with van der Waals surface area (Å²) in [5.74, 6) is 0.433. The van der Waals surface area contributed by atoms with Crippen LogP contribution in [0.2, 0.25) is 5.02 Å². The first-order valence-electron chi connectivity index (χ1n) is 6.62. The van der Waals surface area contributed by atoms with Gasteiger partial charge in [-0.15, -0.1) is 0 Å². The molecule has 1 heterocycles. The van der Waals surface area contributed by atoms with Crippen LogP contribution in [-0.4, -0.2) is 17.0 Å². The highest BCUT2D eigenvalue weighted by atomic mass is 35.5. The van der Waals surface area contributed by atoms with Gasteiger partial charge in [-0.3, -0.25) is 9.78 Å². The molecule has 0 bridgehead atoms. The highest BCUT2D eigenvalue weighted by Gasteiger charge is 2.16. The van der Waals surface area contributed by atoms with E-state index >= 15 is 0 Å². The summed E-state index contributed by atoms with van der Waals surface area (Å²) in [6, 6.07) is 8.84. The third-order valence-electron chi connectivity index (χ3n) is 2.97. The van der Waals surface area contributed by atoms with Crippen LogP contribution in [0.1, 0.15) is 18.2 Å². The lowest BCUT2D eigenvalue weighted by Gasteiger charge is -2.16. The molecule has 2 rings (SSSR count). The van der Waals surface area contributed by atoms with Crippen molar-refractivity contribution in [1.82, 2.24) is 4.98 Å². The molecule has 1 aromatic carbocycles. The van der Waals surface area contributed by atoms with E-state index in [2.05, 4.69) is 10.3 Å². The van der Waals surface area contributed by atoms with Crippen molar-refractivity contribution in [3.63, 3.8) is 0 Å². The van der Waals surface area contributed by atoms with E-state index in [0.717, 1.165) is 11.3 Å². The molecular formula is C16H17ClN2O2. The Kier molecular flexibility index (Phi) is 4.81. The third-order valence-corrected chi connectivity index (χ3v) is 3.21. The highest BCUT2D eigenvalue weighted by molar-refractivity contribution is 6.30. The summed E-state index contributed by atoms with van der Waals surface area (Å²) in [4.78, 5) is 16.2. The second-order valence-electron chi connectivity index (χ2n) is 4.85. The van der Waals surface area contributed by atoms with Crippen LogP contribution in [0, 0.1) is 13.8 Å². The SMILES string of the molecule is Cc1cc(NC(=O)C(C)Oc2ccc(Cl)cc2C)ccn1. The zero-order chi connectivity index (χ0) is 15.4. The van der Waals surface area contributed by atoms with Crippen LogP contribution < -0.4 is 10.1 Å². The Morgan fingerprint density at radius 3 is 2.71 bits per heavy atom. The number of aryl methyl sites for hydroxylation is 2. The second-order valence-corrected chi connectivity index (χ2v) is 5.28. The minimum Gasteiger partial charge on any atom is -0.481 e. The van der Waals surface area contributed by atoms with Crippen molar-refractivity contribution in [1.29, 1.82) is 0 Å². The van der Waals surface area contributed by atoms with Crippen LogP contribution in [0.5, 0.6) is 5.75 Å². The van der Waals surface area contributed by atoms with Crippen LogP contribution in [0.25, 0.3) is 0 Å². The molecule has 0 fully saturated rings. The van der Waals surface area contributed by atoms with Gasteiger partial charge in [0.1, 0.15) is 5.75 Å². The molecule has 0 aliphatic rings. The predicted octanol–water partition coefficient (Wildman–Crippen LogP) is 3.76. The lowest BCUT2D eigenvalue weighted by molar-refractivity contribution is -0.122. The second kappa shape index (κ2) is 6.59. The van der Waals surface area contributed by atoms with E-state index in [0.29, 0.717) is 16.5 Å². The van der Waals surface area contributed by atoms with Crippen molar-refractivity contribution >= 4 is 23.2 Å². The quantitative estimate of drug-likeness (QED) is 0.935. The lowest BCUT2D eigenvalue weighted by Crippen LogP contribution is -2.30. The van der Waals surface area contributed by atoms with Gasteiger partial charge in [-0.2, -0.15) is 0 Å². The standard InChI is InChI=1S/C16H17ClN2O2/c1-10-8-13(17)4-5-15(10)21-12(3)16(20)19-14-6-7-18-11(2)9-14/h4-9,12H,1-3H3,(H,18,19,20). The van der Waals surface area contributed by atoms with Gasteiger partial charge >= 0.3 is 0 Å². The molecule has 1 aromatic heterocycles. The first kappa shape index (κ1) is 15.3. The van der Waals surface area contributed by atoms with E-state index in [1.54, 1.807) is 43.5 Å². The molecule has 5 heteroatoms. The summed E-state index contributed by atoms with van der Waals surface area (Å²) >= 11 is 5.90. The van der Waals surface area contributed by atoms with Crippen LogP contribution in [0.3, 0.4) is 0 Å². The first-order chi connectivity index (χ1) is 9.95. The van der Waals surface area contributed by atoms with E-state index in [9.17, 15) is 4.79 Å². The Morgan fingerprint density at radius 2 is 2.05 bits per heavy atom. The lowest BCUT2D eigenvalue weighted by atomic mass is 10.2. The molecule has 1 unspecified atom stereocenters. The van der Waals surface area contributed by atoms with Gasteiger partial charge in [0.15, 0.2) is 6.10 Å². The fraction of sp³-hybridized carbons (Fsp3) is 0.250. The number of rotatable bonds is 4. The molecule has 0 saturated carbocycles. The molecule has 0 spiro atoms. The van der Waals surface area contributed by atoms with E-state index in [1.807, 2.05) is 13.8 Å². The summed E-state index contributed by atoms with van der Waals surface area (Å²) in [6.45, 7) is 5.46. The topological polar surface area (TPSA) is 51.2 Å². The van der Waals surface area contributed by atoms with Gasteiger partial charge in [0, 0.05) is 22.6 Å². The van der Waals surface area contributed by atoms with Gasteiger partial charge in [0.2, 0.25) is 0 Å². The number of nitrogens with one attached hydrogen (secondary N) is 1. The van der Waals surface area contributed by atoms with Crippen LogP contribution in [0.15, 0.2) is 36.5 Å². The average molecular weight is 305 g/mol. The molecule has 1 atom stereocenters. The molecule has 1 N–H and O–H groups in total. The zero-order valence-corrected chi connectivity index (χ0v) is 12.9. The smallest absolute Gasteiger partial charge is 0.265 e. The molecular weight excluding hydrogens is 288 g/mol. The summed E-state index contributed by atoms with van der Waals surface area (Å²) in [5.41, 5.74) is 2.44. The Balaban J connectivity index is 2.02. The van der Waals surface area contributed by atoms with Crippen molar-refractivity contribution in [3.8, 4) is 5.75 Å². The van der Waals surface area contributed by atoms with E-state index in [1.165, 1.54) is 0 Å². The third kappa shape index (κ3) is 4.20. The Hall–Kier alpha value is -2.07. The van der Waals surface area contributed by atoms with Crippen molar-refractivity contribution < 1.29 is 9.53 Å². The van der Waals surface area contributed by atoms with Gasteiger partial charge < -0.3 is 10.1 Å². The number of benzene rings is 1. The van der Waals surface area contributed by atoms with Crippen molar-refractivity contribution in [2.24, 2.45) is 0 Å². The van der Waals surface area contributed by atoms with Crippen molar-refractivity contribution in [2.45, 2.75) is 26.9 Å². The summed E-state index contributed by atoms with van der Waals surface area (Å²) in [7, 11) is 0. The number of hydrogen-bond acceptors (Lipinski definition) is 3. The Labute approximate surface area is 129 Å². The number of aromatic nitrogens is 1. The van der Waals surface area contributed by atoms with Gasteiger partial charge in [-0.1, -0.05) is 11.6 Å². The van der Waals surface area contributed by atoms with Crippen molar-refractivity contribution in [2.75, 3.05) is 5.32 Å². The first-order valence-corrected chi connectivity index (χ1v) is 7.00. The molecule has 0 aliphatic carbocycles. The molecule has 0 aliphatic heterocycles. The number of nitrogens with zero attached hydrogens (tertiary/aromatic N) is 1. The molecule has 110 valence electrons. The maximum Gasteiger partial charge on any atom is 0.265 e. The van der Waals surface area contributed by atoms with Gasteiger partial charge in [0.05, 0.1) is 0 Å². The Morgan fingerprint density at radius 1 is 1.29 bits per heavy atom. The predicted molar refractivity (Wildman–Crippen MR) is 83.9 cm³/mol. The largest absolute Gasteiger partial charge is 0.481 e. The molecule has 21 heavy (non-hydrogen) atoms. The normalized spacial score (nSPS) is 11.8. The molecule has 0 radical (unpaired) electrons. The monoisotopic (exact) mass is 304 g/mol. The summed E-state index contributed by atoms with van der Waals surface area (Å²) < 4.78 is 5.68. The van der Waals surface area contributed by atoms with Gasteiger partial charge in [0.25, 0.3) is 5.91 Å². The summed E-state index contributed by atoms with van der Waals surface area (Å²) in [6.07, 6.45) is 1.04. The fourth-order valence-electron chi connectivity index (χ4n) is 1.86. The minimum absolute atomic E-state index is 0.213. The number of anilines is 1. The highest BCUT2D eigenvalue weighted by Crippen LogP contribution is 2.23. The van der Waals surface area contributed by atoms with Crippen molar-refractivity contribution in [3.05, 3.63) is 52.8 Å². The minimum atomic E-state index is -0.613. The number of hydrogen-bond donors (Lipinski definition) is 1. The Bertz CT molecular complexity index is 658. The number of ether oxygens (including phenoxy) is 1. The number of pyridine rings is 1. The number of halogens is 1. The summed E-state index contributed by atoms with van der Waals surface area (Å²) in [5, 5.41) is 3.45. The number of amides is 1. The maximum atomic E-state index is 12.1. The molecule has 4 nitrogen and oxygen atoms in total. The maximum absolute atomic E-state index is 12.1. The van der Waals surface area contributed by atoms with Crippen LogP contribution >= 0.6 is 11.6 Å². The zero-order valence-electron chi connectivity index (χ0n) is 12.2. The van der Waals surface area contributed by atoms with E-state index in [4.69, 9.17) is 16.3 Å². The molecule has 0 saturated heterocycles. The van der Waals surface area contributed by atoms with E-state index < -0.39 is 6.10 Å². The molecule has 1 amide bonds. The van der Waals surface area contributed by atoms with Crippen LogP contribution in [-0.2, 0) is 4.79 Å². The van der Waals surface area contributed by atoms with Gasteiger partial charge in [-0.25, -0.2) is 0 Å². The number of carbonyl (C=O) groups is 1. The van der Waals surface area contributed by atoms with Gasteiger partial charge in [-0.05, 0) is 56.7 Å².